The molecule has 0 aliphatic heterocycles. The maximum Gasteiger partial charge on any atom is 0.0342 e. The summed E-state index contributed by atoms with van der Waals surface area (Å²) in [5.74, 6) is 0. The van der Waals surface area contributed by atoms with E-state index in [9.17, 15) is 0 Å². The monoisotopic (exact) mass is 241 g/mol. The summed E-state index contributed by atoms with van der Waals surface area (Å²) >= 11 is 1.81. The van der Waals surface area contributed by atoms with Gasteiger partial charge in [0.15, 0.2) is 0 Å². The van der Waals surface area contributed by atoms with Gasteiger partial charge < -0.3 is 5.32 Å². The predicted octanol–water partition coefficient (Wildman–Crippen LogP) is 3.47. The topological polar surface area (TPSA) is 12.0 Å². The van der Waals surface area contributed by atoms with E-state index in [0.29, 0.717) is 6.04 Å². The Morgan fingerprint density at radius 1 is 1.33 bits per heavy atom. The number of nitrogens with one attached hydrogen (secondary N) is 1. The van der Waals surface area contributed by atoms with Crippen molar-refractivity contribution in [1.29, 1.82) is 0 Å². The van der Waals surface area contributed by atoms with Crippen molar-refractivity contribution < 1.29 is 0 Å². The fourth-order valence-corrected chi connectivity index (χ4v) is 2.37. The van der Waals surface area contributed by atoms with E-state index in [1.54, 1.807) is 11.3 Å². The van der Waals surface area contributed by atoms with E-state index in [2.05, 4.69) is 41.9 Å². The van der Waals surface area contributed by atoms with Crippen LogP contribution in [0.3, 0.4) is 0 Å². The van der Waals surface area contributed by atoms with Gasteiger partial charge in [-0.3, -0.25) is 0 Å². The number of rotatable bonds is 3. The van der Waals surface area contributed by atoms with E-state index in [0.717, 1.165) is 6.42 Å². The molecule has 0 saturated carbocycles. The molecule has 0 amide bonds. The van der Waals surface area contributed by atoms with Gasteiger partial charge in [0.25, 0.3) is 0 Å². The van der Waals surface area contributed by atoms with Crippen molar-refractivity contribution in [2.75, 3.05) is 7.05 Å². The summed E-state index contributed by atoms with van der Waals surface area (Å²) < 4.78 is 1.38. The molecule has 0 bridgehead atoms. The lowest BCUT2D eigenvalue weighted by atomic mass is 10.1. The Balaban J connectivity index is 0.00000112. The highest BCUT2D eigenvalue weighted by Crippen LogP contribution is 2.22. The smallest absolute Gasteiger partial charge is 0.0342 e. The minimum atomic E-state index is 0. The lowest BCUT2D eigenvalue weighted by Crippen LogP contribution is -2.23. The van der Waals surface area contributed by atoms with E-state index in [4.69, 9.17) is 0 Å². The van der Waals surface area contributed by atoms with Gasteiger partial charge in [0.1, 0.15) is 0 Å². The second-order valence-corrected chi connectivity index (χ2v) is 4.63. The van der Waals surface area contributed by atoms with Crippen LogP contribution in [0.25, 0.3) is 10.1 Å². The number of fused-ring (bicyclic) bond motifs is 1. The fraction of sp³-hybridized carbons (Fsp3) is 0.333. The summed E-state index contributed by atoms with van der Waals surface area (Å²) in [6, 6.07) is 9.48. The third kappa shape index (κ3) is 2.94. The van der Waals surface area contributed by atoms with Gasteiger partial charge in [-0.1, -0.05) is 12.1 Å². The quantitative estimate of drug-likeness (QED) is 0.868. The molecule has 3 heteroatoms. The van der Waals surface area contributed by atoms with Crippen LogP contribution in [0.2, 0.25) is 0 Å². The molecule has 0 unspecified atom stereocenters. The molecule has 0 aliphatic rings. The van der Waals surface area contributed by atoms with Gasteiger partial charge in [-0.05, 0) is 48.9 Å². The average Bonchev–Trinajstić information content (AvgIpc) is 2.64. The van der Waals surface area contributed by atoms with E-state index in [1.165, 1.54) is 15.6 Å². The van der Waals surface area contributed by atoms with Gasteiger partial charge in [-0.15, -0.1) is 23.7 Å². The number of halogens is 1. The molecule has 2 aromatic rings. The molecule has 0 radical (unpaired) electrons. The van der Waals surface area contributed by atoms with Gasteiger partial charge in [0.2, 0.25) is 0 Å². The summed E-state index contributed by atoms with van der Waals surface area (Å²) in [4.78, 5) is 0. The third-order valence-corrected chi connectivity index (χ3v) is 3.45. The van der Waals surface area contributed by atoms with Crippen molar-refractivity contribution in [3.8, 4) is 0 Å². The molecule has 0 saturated heterocycles. The van der Waals surface area contributed by atoms with Crippen molar-refractivity contribution in [3.63, 3.8) is 0 Å². The van der Waals surface area contributed by atoms with Crippen LogP contribution in [0.5, 0.6) is 0 Å². The molecule has 1 atom stereocenters. The van der Waals surface area contributed by atoms with Gasteiger partial charge in [0, 0.05) is 10.7 Å². The zero-order valence-electron chi connectivity index (χ0n) is 8.99. The van der Waals surface area contributed by atoms with E-state index < -0.39 is 0 Å². The van der Waals surface area contributed by atoms with Crippen LogP contribution in [-0.2, 0) is 6.42 Å². The van der Waals surface area contributed by atoms with E-state index in [-0.39, 0.29) is 12.4 Å². The Kier molecular flexibility index (Phi) is 4.58. The number of hydrogen-bond acceptors (Lipinski definition) is 2. The Labute approximate surface area is 101 Å². The Morgan fingerprint density at radius 2 is 2.13 bits per heavy atom. The molecule has 1 heterocycles. The van der Waals surface area contributed by atoms with Crippen LogP contribution in [0.4, 0.5) is 0 Å². The Bertz CT molecular complexity index is 424. The Hall–Kier alpha value is -0.570. The van der Waals surface area contributed by atoms with Crippen LogP contribution < -0.4 is 5.32 Å². The normalized spacial score (nSPS) is 12.4. The lowest BCUT2D eigenvalue weighted by Gasteiger charge is -2.09. The largest absolute Gasteiger partial charge is 0.317 e. The first-order valence-corrected chi connectivity index (χ1v) is 5.81. The first-order chi connectivity index (χ1) is 6.79. The molecule has 1 aromatic heterocycles. The highest BCUT2D eigenvalue weighted by atomic mass is 35.5. The summed E-state index contributed by atoms with van der Waals surface area (Å²) in [7, 11) is 2.01. The predicted molar refractivity (Wildman–Crippen MR) is 71.3 cm³/mol. The Morgan fingerprint density at radius 3 is 2.87 bits per heavy atom. The highest BCUT2D eigenvalue weighted by molar-refractivity contribution is 7.17. The number of hydrogen-bond donors (Lipinski definition) is 1. The minimum Gasteiger partial charge on any atom is -0.317 e. The SMILES string of the molecule is CN[C@H](C)Cc1ccc2sccc2c1.Cl. The fourth-order valence-electron chi connectivity index (χ4n) is 1.60. The summed E-state index contributed by atoms with van der Waals surface area (Å²) in [6.07, 6.45) is 1.10. The molecule has 1 N–H and O–H groups in total. The molecule has 1 nitrogen and oxygen atoms in total. The molecule has 0 aliphatic carbocycles. The molecule has 0 fully saturated rings. The minimum absolute atomic E-state index is 0. The number of benzene rings is 1. The van der Waals surface area contributed by atoms with Crippen molar-refractivity contribution in [1.82, 2.24) is 5.32 Å². The number of thiophene rings is 1. The summed E-state index contributed by atoms with van der Waals surface area (Å²) in [6.45, 7) is 2.21. The second-order valence-electron chi connectivity index (χ2n) is 3.69. The molecule has 2 rings (SSSR count). The van der Waals surface area contributed by atoms with Gasteiger partial charge in [-0.2, -0.15) is 0 Å². The molecule has 1 aromatic carbocycles. The zero-order valence-corrected chi connectivity index (χ0v) is 10.6. The molecule has 82 valence electrons. The van der Waals surface area contributed by atoms with Gasteiger partial charge in [-0.25, -0.2) is 0 Å². The zero-order chi connectivity index (χ0) is 9.97. The maximum absolute atomic E-state index is 3.26. The molecule has 15 heavy (non-hydrogen) atoms. The van der Waals surface area contributed by atoms with Crippen LogP contribution >= 0.6 is 23.7 Å². The van der Waals surface area contributed by atoms with Gasteiger partial charge in [0.05, 0.1) is 0 Å². The van der Waals surface area contributed by atoms with Crippen LogP contribution in [0, 0.1) is 0 Å². The molecule has 0 spiro atoms. The van der Waals surface area contributed by atoms with Crippen LogP contribution in [0.1, 0.15) is 12.5 Å². The number of likely N-dealkylation sites (N-methyl/N-ethyl adjacent to an activating group) is 1. The van der Waals surface area contributed by atoms with E-state index >= 15 is 0 Å². The van der Waals surface area contributed by atoms with Crippen molar-refractivity contribution in [2.45, 2.75) is 19.4 Å². The van der Waals surface area contributed by atoms with Crippen molar-refractivity contribution >= 4 is 33.8 Å². The first-order valence-electron chi connectivity index (χ1n) is 4.93. The van der Waals surface area contributed by atoms with E-state index in [1.807, 2.05) is 7.05 Å². The highest BCUT2D eigenvalue weighted by Gasteiger charge is 2.01. The lowest BCUT2D eigenvalue weighted by molar-refractivity contribution is 0.609. The summed E-state index contributed by atoms with van der Waals surface area (Å²) in [5.41, 5.74) is 1.41. The molecular weight excluding hydrogens is 226 g/mol. The summed E-state index contributed by atoms with van der Waals surface area (Å²) in [5, 5.41) is 6.78. The average molecular weight is 242 g/mol. The van der Waals surface area contributed by atoms with Crippen molar-refractivity contribution in [3.05, 3.63) is 35.2 Å². The van der Waals surface area contributed by atoms with Crippen LogP contribution in [-0.4, -0.2) is 13.1 Å². The van der Waals surface area contributed by atoms with Crippen molar-refractivity contribution in [2.24, 2.45) is 0 Å². The standard InChI is InChI=1S/C12H15NS.ClH/c1-9(13-2)7-10-3-4-12-11(8-10)5-6-14-12;/h3-6,8-9,13H,7H2,1-2H3;1H/t9-;/m1./s1. The maximum atomic E-state index is 3.26. The molecular formula is C12H16ClNS. The first kappa shape index (κ1) is 12.5. The van der Waals surface area contributed by atoms with Crippen LogP contribution in [0.15, 0.2) is 29.6 Å². The van der Waals surface area contributed by atoms with Gasteiger partial charge >= 0.3 is 0 Å². The second kappa shape index (κ2) is 5.50. The third-order valence-electron chi connectivity index (χ3n) is 2.55.